The summed E-state index contributed by atoms with van der Waals surface area (Å²) in [7, 11) is 0. The van der Waals surface area contributed by atoms with Crippen LogP contribution in [0.25, 0.3) is 22.3 Å². The van der Waals surface area contributed by atoms with Gasteiger partial charge in [-0.2, -0.15) is 5.10 Å². The SMILES string of the molecule is CC(C)CNC(=O)NC(=O)COC(=O)C=Cc1cn(-c2ccccc2)nc1-c1cccs1. The number of hydrogen-bond donors (Lipinski definition) is 2. The molecule has 0 radical (unpaired) electrons. The fourth-order valence-electron chi connectivity index (χ4n) is 2.67. The monoisotopic (exact) mass is 452 g/mol. The predicted molar refractivity (Wildman–Crippen MR) is 123 cm³/mol. The van der Waals surface area contributed by atoms with E-state index in [0.717, 1.165) is 21.8 Å². The highest BCUT2D eigenvalue weighted by molar-refractivity contribution is 7.13. The standard InChI is InChI=1S/C23H24N4O4S/c1-16(2)13-24-23(30)25-20(28)15-31-21(29)11-10-17-14-27(18-7-4-3-5-8-18)26-22(17)19-9-6-12-32-19/h3-12,14,16H,13,15H2,1-2H3,(H2,24,25,28,30). The Labute approximate surface area is 189 Å². The first kappa shape index (κ1) is 23.0. The quantitative estimate of drug-likeness (QED) is 0.401. The fourth-order valence-corrected chi connectivity index (χ4v) is 3.40. The van der Waals surface area contributed by atoms with E-state index in [1.54, 1.807) is 22.1 Å². The number of carbonyl (C=O) groups is 3. The van der Waals surface area contributed by atoms with Crippen molar-refractivity contribution in [2.45, 2.75) is 13.8 Å². The number of hydrogen-bond acceptors (Lipinski definition) is 6. The van der Waals surface area contributed by atoms with Crippen molar-refractivity contribution >= 4 is 35.3 Å². The molecule has 0 unspecified atom stereocenters. The van der Waals surface area contributed by atoms with Gasteiger partial charge in [0.2, 0.25) is 0 Å². The molecular weight excluding hydrogens is 428 g/mol. The number of benzene rings is 1. The predicted octanol–water partition coefficient (Wildman–Crippen LogP) is 3.64. The summed E-state index contributed by atoms with van der Waals surface area (Å²) in [6.45, 7) is 3.75. The van der Waals surface area contributed by atoms with Gasteiger partial charge in [-0.05, 0) is 35.6 Å². The summed E-state index contributed by atoms with van der Waals surface area (Å²) in [5, 5.41) is 11.3. The molecule has 2 N–H and O–H groups in total. The van der Waals surface area contributed by atoms with Gasteiger partial charge in [-0.15, -0.1) is 11.3 Å². The van der Waals surface area contributed by atoms with Crippen molar-refractivity contribution in [2.75, 3.05) is 13.2 Å². The smallest absolute Gasteiger partial charge is 0.331 e. The molecule has 8 nitrogen and oxygen atoms in total. The zero-order valence-electron chi connectivity index (χ0n) is 17.8. The Hall–Kier alpha value is -3.72. The summed E-state index contributed by atoms with van der Waals surface area (Å²) >= 11 is 1.54. The summed E-state index contributed by atoms with van der Waals surface area (Å²) < 4.78 is 6.67. The van der Waals surface area contributed by atoms with Crippen molar-refractivity contribution in [3.8, 4) is 16.3 Å². The van der Waals surface area contributed by atoms with Crippen molar-refractivity contribution in [1.29, 1.82) is 0 Å². The second-order valence-corrected chi connectivity index (χ2v) is 8.23. The van der Waals surface area contributed by atoms with Gasteiger partial charge in [0, 0.05) is 24.4 Å². The summed E-state index contributed by atoms with van der Waals surface area (Å²) in [4.78, 5) is 36.4. The molecule has 32 heavy (non-hydrogen) atoms. The number of thiophene rings is 1. The van der Waals surface area contributed by atoms with Crippen molar-refractivity contribution in [3.05, 3.63) is 65.7 Å². The topological polar surface area (TPSA) is 102 Å². The van der Waals surface area contributed by atoms with E-state index in [1.165, 1.54) is 6.08 Å². The van der Waals surface area contributed by atoms with Crippen LogP contribution in [0, 0.1) is 5.92 Å². The molecule has 0 bridgehead atoms. The van der Waals surface area contributed by atoms with Crippen LogP contribution in [-0.4, -0.2) is 40.8 Å². The Morgan fingerprint density at radius 2 is 1.94 bits per heavy atom. The van der Waals surface area contributed by atoms with Gasteiger partial charge in [-0.25, -0.2) is 14.3 Å². The minimum atomic E-state index is -0.704. The molecule has 0 aliphatic carbocycles. The number of imide groups is 1. The van der Waals surface area contributed by atoms with Crippen LogP contribution in [-0.2, 0) is 14.3 Å². The Kier molecular flexibility index (Phi) is 7.93. The highest BCUT2D eigenvalue weighted by Crippen LogP contribution is 2.28. The van der Waals surface area contributed by atoms with Gasteiger partial charge in [-0.1, -0.05) is 38.1 Å². The molecule has 1 aromatic carbocycles. The maximum atomic E-state index is 12.1. The number of aromatic nitrogens is 2. The van der Waals surface area contributed by atoms with Crippen LogP contribution < -0.4 is 10.6 Å². The third kappa shape index (κ3) is 6.64. The molecule has 3 rings (SSSR count). The number of amides is 3. The zero-order chi connectivity index (χ0) is 22.9. The average Bonchev–Trinajstić information content (AvgIpc) is 3.45. The molecule has 0 saturated carbocycles. The summed E-state index contributed by atoms with van der Waals surface area (Å²) in [6.07, 6.45) is 4.65. The van der Waals surface area contributed by atoms with Crippen LogP contribution >= 0.6 is 11.3 Å². The highest BCUT2D eigenvalue weighted by Gasteiger charge is 2.13. The van der Waals surface area contributed by atoms with Gasteiger partial charge in [0.15, 0.2) is 6.61 Å². The van der Waals surface area contributed by atoms with Crippen molar-refractivity contribution in [3.63, 3.8) is 0 Å². The first-order valence-electron chi connectivity index (χ1n) is 10.0. The van der Waals surface area contributed by atoms with Crippen LogP contribution in [0.4, 0.5) is 4.79 Å². The maximum Gasteiger partial charge on any atom is 0.331 e. The van der Waals surface area contributed by atoms with E-state index in [1.807, 2.05) is 67.9 Å². The van der Waals surface area contributed by atoms with E-state index >= 15 is 0 Å². The molecule has 0 saturated heterocycles. The van der Waals surface area contributed by atoms with E-state index in [2.05, 4.69) is 15.7 Å². The Morgan fingerprint density at radius 3 is 2.62 bits per heavy atom. The van der Waals surface area contributed by atoms with Crippen LogP contribution in [0.1, 0.15) is 19.4 Å². The molecule has 2 aromatic heterocycles. The van der Waals surface area contributed by atoms with Gasteiger partial charge in [0.1, 0.15) is 5.69 Å². The minimum absolute atomic E-state index is 0.254. The van der Waals surface area contributed by atoms with Gasteiger partial charge in [0.25, 0.3) is 5.91 Å². The number of carbonyl (C=O) groups excluding carboxylic acids is 3. The highest BCUT2D eigenvalue weighted by atomic mass is 32.1. The van der Waals surface area contributed by atoms with Crippen molar-refractivity contribution in [1.82, 2.24) is 20.4 Å². The minimum Gasteiger partial charge on any atom is -0.452 e. The average molecular weight is 453 g/mol. The molecule has 0 spiro atoms. The molecule has 166 valence electrons. The molecular formula is C23H24N4O4S. The number of urea groups is 1. The van der Waals surface area contributed by atoms with Crippen LogP contribution in [0.3, 0.4) is 0 Å². The van der Waals surface area contributed by atoms with E-state index < -0.39 is 24.5 Å². The first-order chi connectivity index (χ1) is 15.4. The molecule has 0 fully saturated rings. The molecule has 0 aliphatic heterocycles. The lowest BCUT2D eigenvalue weighted by Gasteiger charge is -2.08. The fraction of sp³-hybridized carbons (Fsp3) is 0.217. The third-order valence-electron chi connectivity index (χ3n) is 4.19. The van der Waals surface area contributed by atoms with Gasteiger partial charge < -0.3 is 10.1 Å². The van der Waals surface area contributed by atoms with Crippen LogP contribution in [0.5, 0.6) is 0 Å². The Balaban J connectivity index is 1.63. The second-order valence-electron chi connectivity index (χ2n) is 7.28. The second kappa shape index (κ2) is 11.1. The molecule has 3 amide bonds. The largest absolute Gasteiger partial charge is 0.452 e. The molecule has 0 aliphatic rings. The Morgan fingerprint density at radius 1 is 1.16 bits per heavy atom. The number of para-hydroxylation sites is 1. The molecule has 2 heterocycles. The van der Waals surface area contributed by atoms with E-state index in [-0.39, 0.29) is 5.92 Å². The van der Waals surface area contributed by atoms with Crippen LogP contribution in [0.15, 0.2) is 60.1 Å². The van der Waals surface area contributed by atoms with Crippen molar-refractivity contribution in [2.24, 2.45) is 5.92 Å². The lowest BCUT2D eigenvalue weighted by molar-refractivity contribution is -0.143. The summed E-state index contributed by atoms with van der Waals surface area (Å²) in [5.41, 5.74) is 2.35. The maximum absolute atomic E-state index is 12.1. The third-order valence-corrected chi connectivity index (χ3v) is 5.06. The van der Waals surface area contributed by atoms with E-state index in [9.17, 15) is 14.4 Å². The summed E-state index contributed by atoms with van der Waals surface area (Å²) in [5.74, 6) is -1.15. The van der Waals surface area contributed by atoms with Gasteiger partial charge in [0.05, 0.1) is 10.6 Å². The number of ether oxygens (including phenoxy) is 1. The normalized spacial score (nSPS) is 11.0. The number of rotatable bonds is 8. The van der Waals surface area contributed by atoms with Crippen molar-refractivity contribution < 1.29 is 19.1 Å². The first-order valence-corrected chi connectivity index (χ1v) is 10.9. The van der Waals surface area contributed by atoms with E-state index in [4.69, 9.17) is 4.74 Å². The van der Waals surface area contributed by atoms with E-state index in [0.29, 0.717) is 6.54 Å². The zero-order valence-corrected chi connectivity index (χ0v) is 18.6. The molecule has 9 heteroatoms. The Bertz CT molecular complexity index is 1090. The molecule has 3 aromatic rings. The van der Waals surface area contributed by atoms with Gasteiger partial charge in [-0.3, -0.25) is 10.1 Å². The number of nitrogens with one attached hydrogen (secondary N) is 2. The molecule has 0 atom stereocenters. The summed E-state index contributed by atoms with van der Waals surface area (Å²) in [6, 6.07) is 12.9. The van der Waals surface area contributed by atoms with Gasteiger partial charge >= 0.3 is 12.0 Å². The lowest BCUT2D eigenvalue weighted by Crippen LogP contribution is -2.42. The lowest BCUT2D eigenvalue weighted by atomic mass is 10.2. The number of nitrogens with zero attached hydrogens (tertiary/aromatic N) is 2. The van der Waals surface area contributed by atoms with Crippen LogP contribution in [0.2, 0.25) is 0 Å². The number of esters is 1.